The Hall–Kier alpha value is -1.09. The van der Waals surface area contributed by atoms with Crippen LogP contribution in [0.25, 0.3) is 0 Å². The molecule has 0 spiro atoms. The molecule has 1 rings (SSSR count). The molecule has 1 aliphatic heterocycles. The number of likely N-dealkylation sites (N-methyl/N-ethyl adjacent to an activating group) is 1. The summed E-state index contributed by atoms with van der Waals surface area (Å²) in [6.07, 6.45) is 7.90. The van der Waals surface area contributed by atoms with E-state index in [-0.39, 0.29) is 5.90 Å². The number of hydrogen-bond acceptors (Lipinski definition) is 3. The van der Waals surface area contributed by atoms with Gasteiger partial charge in [-0.05, 0) is 25.5 Å². The van der Waals surface area contributed by atoms with Crippen molar-refractivity contribution in [1.29, 1.82) is 5.41 Å². The Morgan fingerprint density at radius 1 is 1.23 bits per heavy atom. The topological polar surface area (TPSA) is 36.3 Å². The molecule has 0 saturated heterocycles. The third-order valence-corrected chi connectivity index (χ3v) is 3.25. The molecule has 0 aliphatic carbocycles. The van der Waals surface area contributed by atoms with Crippen LogP contribution in [-0.4, -0.2) is 37.5 Å². The second-order valence-electron chi connectivity index (χ2n) is 4.97. The standard InChI is InChI=1S/C15H26N2O.2C2H6/c1-4-5-6-7-11-18-15(16)13(2)14-9-8-10-17(3)12-14;2*1-2/h9,16H,2,4-8,10-12H2,1,3H3;2*1-2H3. The van der Waals surface area contributed by atoms with Crippen LogP contribution < -0.4 is 0 Å². The number of nitrogens with zero attached hydrogens (tertiary/aromatic N) is 1. The van der Waals surface area contributed by atoms with E-state index < -0.39 is 0 Å². The van der Waals surface area contributed by atoms with Crippen molar-refractivity contribution in [3.63, 3.8) is 0 Å². The molecule has 0 radical (unpaired) electrons. The zero-order valence-electron chi connectivity index (χ0n) is 15.8. The molecule has 0 fully saturated rings. The molecule has 1 aliphatic rings. The van der Waals surface area contributed by atoms with Crippen molar-refractivity contribution in [2.24, 2.45) is 0 Å². The minimum atomic E-state index is 0.244. The van der Waals surface area contributed by atoms with Crippen LogP contribution in [0.1, 0.15) is 66.7 Å². The fraction of sp³-hybridized carbons (Fsp3) is 0.737. The van der Waals surface area contributed by atoms with E-state index in [4.69, 9.17) is 10.1 Å². The predicted octanol–water partition coefficient (Wildman–Crippen LogP) is 5.43. The molecule has 3 nitrogen and oxygen atoms in total. The van der Waals surface area contributed by atoms with E-state index in [1.807, 2.05) is 27.7 Å². The van der Waals surface area contributed by atoms with Gasteiger partial charge in [0.05, 0.1) is 6.61 Å². The first-order chi connectivity index (χ1) is 10.6. The summed E-state index contributed by atoms with van der Waals surface area (Å²) in [5, 5.41) is 7.90. The summed E-state index contributed by atoms with van der Waals surface area (Å²) in [6.45, 7) is 16.8. The fourth-order valence-electron chi connectivity index (χ4n) is 2.05. The Morgan fingerprint density at radius 2 is 1.86 bits per heavy atom. The van der Waals surface area contributed by atoms with E-state index >= 15 is 0 Å². The van der Waals surface area contributed by atoms with Crippen molar-refractivity contribution in [3.8, 4) is 0 Å². The van der Waals surface area contributed by atoms with E-state index in [2.05, 4.69) is 31.5 Å². The molecule has 3 heteroatoms. The summed E-state index contributed by atoms with van der Waals surface area (Å²) in [5.74, 6) is 0.244. The van der Waals surface area contributed by atoms with Crippen LogP contribution in [0.2, 0.25) is 0 Å². The van der Waals surface area contributed by atoms with Crippen LogP contribution >= 0.6 is 0 Å². The minimum absolute atomic E-state index is 0.244. The van der Waals surface area contributed by atoms with Gasteiger partial charge in [-0.2, -0.15) is 0 Å². The van der Waals surface area contributed by atoms with Crippen LogP contribution in [0.5, 0.6) is 0 Å². The zero-order valence-corrected chi connectivity index (χ0v) is 15.8. The van der Waals surface area contributed by atoms with Crippen LogP contribution in [-0.2, 0) is 4.74 Å². The lowest BCUT2D eigenvalue weighted by Gasteiger charge is -2.24. The monoisotopic (exact) mass is 310 g/mol. The average molecular weight is 311 g/mol. The van der Waals surface area contributed by atoms with E-state index in [9.17, 15) is 0 Å². The normalized spacial score (nSPS) is 13.8. The summed E-state index contributed by atoms with van der Waals surface area (Å²) in [6, 6.07) is 0. The van der Waals surface area contributed by atoms with Gasteiger partial charge in [0.25, 0.3) is 0 Å². The SMILES string of the molecule is C=C(C(=N)OCCCCCC)C1=CCCN(C)C1.CC.CC. The summed E-state index contributed by atoms with van der Waals surface area (Å²) in [7, 11) is 2.09. The second-order valence-corrected chi connectivity index (χ2v) is 4.97. The quantitative estimate of drug-likeness (QED) is 0.386. The largest absolute Gasteiger partial charge is 0.478 e. The van der Waals surface area contributed by atoms with Gasteiger partial charge in [-0.15, -0.1) is 0 Å². The third-order valence-electron chi connectivity index (χ3n) is 3.25. The Bertz CT molecular complexity index is 321. The van der Waals surface area contributed by atoms with Crippen LogP contribution in [0.4, 0.5) is 0 Å². The number of nitrogens with one attached hydrogen (secondary N) is 1. The number of unbranched alkanes of at least 4 members (excludes halogenated alkanes) is 3. The first kappa shape index (κ1) is 23.2. The van der Waals surface area contributed by atoms with Gasteiger partial charge in [0.1, 0.15) is 0 Å². The highest BCUT2D eigenvalue weighted by Crippen LogP contribution is 2.16. The van der Waals surface area contributed by atoms with Crippen molar-refractivity contribution in [2.45, 2.75) is 66.7 Å². The molecule has 0 unspecified atom stereocenters. The molecular formula is C19H38N2O. The van der Waals surface area contributed by atoms with Gasteiger partial charge in [0.15, 0.2) is 0 Å². The molecule has 0 amide bonds. The van der Waals surface area contributed by atoms with Gasteiger partial charge >= 0.3 is 0 Å². The summed E-state index contributed by atoms with van der Waals surface area (Å²) in [5.41, 5.74) is 1.89. The fourth-order valence-corrected chi connectivity index (χ4v) is 2.05. The molecule has 1 heterocycles. The molecule has 0 aromatic rings. The van der Waals surface area contributed by atoms with Gasteiger partial charge in [0.2, 0.25) is 5.90 Å². The highest BCUT2D eigenvalue weighted by atomic mass is 16.5. The molecule has 0 atom stereocenters. The van der Waals surface area contributed by atoms with Crippen molar-refractivity contribution in [1.82, 2.24) is 4.90 Å². The summed E-state index contributed by atoms with van der Waals surface area (Å²) < 4.78 is 5.46. The lowest BCUT2D eigenvalue weighted by atomic mass is 10.0. The summed E-state index contributed by atoms with van der Waals surface area (Å²) in [4.78, 5) is 2.25. The van der Waals surface area contributed by atoms with Gasteiger partial charge in [-0.25, -0.2) is 0 Å². The molecule has 22 heavy (non-hydrogen) atoms. The third kappa shape index (κ3) is 10.6. The maximum atomic E-state index is 7.90. The molecule has 0 aromatic carbocycles. The smallest absolute Gasteiger partial charge is 0.212 e. The Morgan fingerprint density at radius 3 is 2.41 bits per heavy atom. The van der Waals surface area contributed by atoms with Gasteiger partial charge in [-0.1, -0.05) is 66.5 Å². The Kier molecular flexibility index (Phi) is 17.2. The van der Waals surface area contributed by atoms with Crippen molar-refractivity contribution in [3.05, 3.63) is 23.8 Å². The zero-order chi connectivity index (χ0) is 17.4. The van der Waals surface area contributed by atoms with E-state index in [1.54, 1.807) is 0 Å². The second kappa shape index (κ2) is 16.3. The lowest BCUT2D eigenvalue weighted by molar-refractivity contribution is 0.289. The van der Waals surface area contributed by atoms with Gasteiger partial charge < -0.3 is 9.64 Å². The number of ether oxygens (including phenoxy) is 1. The Balaban J connectivity index is 0. The summed E-state index contributed by atoms with van der Waals surface area (Å²) >= 11 is 0. The maximum Gasteiger partial charge on any atom is 0.212 e. The van der Waals surface area contributed by atoms with E-state index in [0.717, 1.165) is 37.1 Å². The molecule has 130 valence electrons. The number of hydrogen-bond donors (Lipinski definition) is 1. The van der Waals surface area contributed by atoms with Crippen LogP contribution in [0, 0.1) is 5.41 Å². The minimum Gasteiger partial charge on any atom is -0.478 e. The first-order valence-corrected chi connectivity index (χ1v) is 8.93. The molecular weight excluding hydrogens is 272 g/mol. The molecule has 0 saturated carbocycles. The van der Waals surface area contributed by atoms with Crippen LogP contribution in [0.15, 0.2) is 23.8 Å². The van der Waals surface area contributed by atoms with Crippen molar-refractivity contribution < 1.29 is 4.74 Å². The van der Waals surface area contributed by atoms with E-state index in [0.29, 0.717) is 6.61 Å². The predicted molar refractivity (Wildman–Crippen MR) is 99.9 cm³/mol. The highest BCUT2D eigenvalue weighted by Gasteiger charge is 2.15. The van der Waals surface area contributed by atoms with E-state index in [1.165, 1.54) is 19.3 Å². The average Bonchev–Trinajstić information content (AvgIpc) is 2.57. The van der Waals surface area contributed by atoms with Gasteiger partial charge in [-0.3, -0.25) is 5.41 Å². The van der Waals surface area contributed by atoms with Crippen molar-refractivity contribution >= 4 is 5.90 Å². The highest BCUT2D eigenvalue weighted by molar-refractivity contribution is 5.95. The maximum absolute atomic E-state index is 7.90. The molecule has 1 N–H and O–H groups in total. The lowest BCUT2D eigenvalue weighted by Crippen LogP contribution is -2.27. The number of rotatable bonds is 7. The molecule has 0 bridgehead atoms. The Labute approximate surface area is 138 Å². The van der Waals surface area contributed by atoms with Gasteiger partial charge in [0, 0.05) is 18.7 Å². The first-order valence-electron chi connectivity index (χ1n) is 8.93. The van der Waals surface area contributed by atoms with Crippen molar-refractivity contribution in [2.75, 3.05) is 26.7 Å². The van der Waals surface area contributed by atoms with Crippen LogP contribution in [0.3, 0.4) is 0 Å². The molecule has 0 aromatic heterocycles.